The molecule has 4 unspecified atom stereocenters. The lowest BCUT2D eigenvalue weighted by Crippen LogP contribution is -2.35. The molecule has 146 valence electrons. The number of rotatable bonds is 6. The van der Waals surface area contributed by atoms with Gasteiger partial charge >= 0.3 is 7.52 Å². The fraction of sp³-hybridized carbons (Fsp3) is 0.455. The van der Waals surface area contributed by atoms with Gasteiger partial charge in [0.15, 0.2) is 0 Å². The van der Waals surface area contributed by atoms with Gasteiger partial charge in [-0.1, -0.05) is 57.5 Å². The first-order valence-corrected chi connectivity index (χ1v) is 11.4. The summed E-state index contributed by atoms with van der Waals surface area (Å²) in [6.07, 6.45) is 2.99. The van der Waals surface area contributed by atoms with Crippen molar-refractivity contribution in [3.63, 3.8) is 0 Å². The zero-order valence-electron chi connectivity index (χ0n) is 16.3. The number of halogens is 1. The third-order valence-corrected chi connectivity index (χ3v) is 7.56. The van der Waals surface area contributed by atoms with Crippen LogP contribution in [0.3, 0.4) is 0 Å². The number of nitrogens with one attached hydrogen (secondary N) is 1. The van der Waals surface area contributed by atoms with E-state index in [0.29, 0.717) is 23.1 Å². The van der Waals surface area contributed by atoms with Crippen LogP contribution in [0.2, 0.25) is 0 Å². The van der Waals surface area contributed by atoms with E-state index in [1.54, 1.807) is 30.3 Å². The minimum atomic E-state index is -3.48. The van der Waals surface area contributed by atoms with E-state index in [4.69, 9.17) is 4.52 Å². The largest absolute Gasteiger partial charge is 0.324 e. The van der Waals surface area contributed by atoms with Crippen molar-refractivity contribution in [3.8, 4) is 0 Å². The third-order valence-electron chi connectivity index (χ3n) is 5.48. The molecule has 1 fully saturated rings. The van der Waals surface area contributed by atoms with Crippen molar-refractivity contribution >= 4 is 18.5 Å². The van der Waals surface area contributed by atoms with Gasteiger partial charge in [-0.3, -0.25) is 4.57 Å². The van der Waals surface area contributed by atoms with Crippen molar-refractivity contribution in [1.29, 1.82) is 0 Å². The van der Waals surface area contributed by atoms with Gasteiger partial charge in [-0.15, -0.1) is 0 Å². The van der Waals surface area contributed by atoms with Gasteiger partial charge in [-0.25, -0.2) is 4.39 Å². The Kier molecular flexibility index (Phi) is 6.39. The Labute approximate surface area is 161 Å². The number of para-hydroxylation sites is 1. The molecule has 0 saturated heterocycles. The molecular formula is C22H29FNO2P. The molecule has 0 amide bonds. The molecule has 3 nitrogen and oxygen atoms in total. The van der Waals surface area contributed by atoms with Gasteiger partial charge in [0.05, 0.1) is 17.1 Å². The highest BCUT2D eigenvalue weighted by Crippen LogP contribution is 2.51. The first-order valence-electron chi connectivity index (χ1n) is 9.76. The van der Waals surface area contributed by atoms with Gasteiger partial charge in [0, 0.05) is 0 Å². The van der Waals surface area contributed by atoms with Crippen LogP contribution in [0, 0.1) is 23.6 Å². The highest BCUT2D eigenvalue weighted by atomic mass is 31.2. The fourth-order valence-electron chi connectivity index (χ4n) is 3.91. The van der Waals surface area contributed by atoms with Crippen LogP contribution < -0.4 is 10.4 Å². The van der Waals surface area contributed by atoms with Gasteiger partial charge in [0.2, 0.25) is 0 Å². The van der Waals surface area contributed by atoms with Crippen molar-refractivity contribution in [2.45, 2.75) is 46.1 Å². The molecule has 0 aromatic heterocycles. The molecule has 1 aliphatic rings. The summed E-state index contributed by atoms with van der Waals surface area (Å²) >= 11 is 0. The van der Waals surface area contributed by atoms with Gasteiger partial charge in [-0.2, -0.15) is 0 Å². The lowest BCUT2D eigenvalue weighted by molar-refractivity contribution is 0.0505. The van der Waals surface area contributed by atoms with Crippen LogP contribution in [0.4, 0.5) is 10.1 Å². The van der Waals surface area contributed by atoms with Crippen LogP contribution >= 0.6 is 7.52 Å². The van der Waals surface area contributed by atoms with Crippen LogP contribution in [0.15, 0.2) is 54.6 Å². The van der Waals surface area contributed by atoms with Gasteiger partial charge in [0.25, 0.3) is 0 Å². The monoisotopic (exact) mass is 389 g/mol. The van der Waals surface area contributed by atoms with Crippen LogP contribution in [0.5, 0.6) is 0 Å². The van der Waals surface area contributed by atoms with E-state index in [-0.39, 0.29) is 11.8 Å². The zero-order valence-corrected chi connectivity index (χ0v) is 17.2. The summed E-state index contributed by atoms with van der Waals surface area (Å²) in [7, 11) is -3.48. The lowest BCUT2D eigenvalue weighted by Gasteiger charge is -2.39. The van der Waals surface area contributed by atoms with E-state index < -0.39 is 13.3 Å². The Morgan fingerprint density at radius 2 is 1.74 bits per heavy atom. The molecule has 1 saturated carbocycles. The summed E-state index contributed by atoms with van der Waals surface area (Å²) in [5.74, 6) is 0.887. The number of hydrogen-bond acceptors (Lipinski definition) is 2. The molecule has 0 aliphatic heterocycles. The third kappa shape index (κ3) is 4.80. The molecule has 1 N–H and O–H groups in total. The van der Waals surface area contributed by atoms with Crippen molar-refractivity contribution < 1.29 is 13.5 Å². The maximum Gasteiger partial charge on any atom is 0.324 e. The zero-order chi connectivity index (χ0) is 19.4. The molecule has 1 aliphatic carbocycles. The molecule has 4 atom stereocenters. The second-order valence-corrected chi connectivity index (χ2v) is 10.0. The average molecular weight is 389 g/mol. The molecule has 0 heterocycles. The second-order valence-electron chi connectivity index (χ2n) is 7.95. The summed E-state index contributed by atoms with van der Waals surface area (Å²) < 4.78 is 34.6. The maximum absolute atomic E-state index is 14.2. The smallest absolute Gasteiger partial charge is 0.309 e. The van der Waals surface area contributed by atoms with Gasteiger partial charge in [0.1, 0.15) is 5.82 Å². The normalized spacial score (nSPS) is 25.1. The van der Waals surface area contributed by atoms with E-state index in [2.05, 4.69) is 25.9 Å². The van der Waals surface area contributed by atoms with Crippen molar-refractivity contribution in [2.75, 3.05) is 5.09 Å². The van der Waals surface area contributed by atoms with Crippen LogP contribution in [-0.4, -0.2) is 6.10 Å². The summed E-state index contributed by atoms with van der Waals surface area (Å²) in [5, 5.41) is 3.48. The quantitative estimate of drug-likeness (QED) is 0.595. The van der Waals surface area contributed by atoms with Gasteiger partial charge in [-0.05, 0) is 54.9 Å². The minimum Gasteiger partial charge on any atom is -0.309 e. The van der Waals surface area contributed by atoms with E-state index in [0.717, 1.165) is 12.8 Å². The molecule has 0 bridgehead atoms. The predicted octanol–water partition coefficient (Wildman–Crippen LogP) is 6.23. The maximum atomic E-state index is 14.2. The van der Waals surface area contributed by atoms with E-state index >= 15 is 0 Å². The van der Waals surface area contributed by atoms with Crippen molar-refractivity contribution in [3.05, 3.63) is 60.4 Å². The second kappa shape index (κ2) is 8.58. The Balaban J connectivity index is 1.95. The SMILES string of the molecule is CC1CCC(C(C)C)C(OP(=O)(Nc2ccccc2F)c2ccccc2)C1. The molecule has 3 rings (SSSR count). The van der Waals surface area contributed by atoms with E-state index in [1.807, 2.05) is 18.2 Å². The highest BCUT2D eigenvalue weighted by molar-refractivity contribution is 7.68. The molecule has 0 radical (unpaired) electrons. The van der Waals surface area contributed by atoms with Crippen molar-refractivity contribution in [2.24, 2.45) is 17.8 Å². The predicted molar refractivity (Wildman–Crippen MR) is 110 cm³/mol. The van der Waals surface area contributed by atoms with Crippen LogP contribution in [0.1, 0.15) is 40.0 Å². The topological polar surface area (TPSA) is 38.3 Å². The Hall–Kier alpha value is -1.64. The standard InChI is InChI=1S/C22H29FNO2P/c1-16(2)19-14-13-17(3)15-22(19)26-27(25,18-9-5-4-6-10-18)24-21-12-8-7-11-20(21)23/h4-12,16-17,19,22H,13-15H2,1-3H3,(H,24,25). The summed E-state index contributed by atoms with van der Waals surface area (Å²) in [6, 6.07) is 15.4. The van der Waals surface area contributed by atoms with Crippen LogP contribution in [-0.2, 0) is 9.09 Å². The molecule has 27 heavy (non-hydrogen) atoms. The highest BCUT2D eigenvalue weighted by Gasteiger charge is 2.38. The number of benzene rings is 2. The summed E-state index contributed by atoms with van der Waals surface area (Å²) in [5.41, 5.74) is 0.203. The Morgan fingerprint density at radius 3 is 2.41 bits per heavy atom. The summed E-state index contributed by atoms with van der Waals surface area (Å²) in [4.78, 5) is 0. The van der Waals surface area contributed by atoms with Crippen LogP contribution in [0.25, 0.3) is 0 Å². The first kappa shape index (κ1) is 20.1. The molecular weight excluding hydrogens is 360 g/mol. The number of hydrogen-bond donors (Lipinski definition) is 1. The Bertz CT molecular complexity index is 796. The van der Waals surface area contributed by atoms with E-state index in [1.165, 1.54) is 12.5 Å². The lowest BCUT2D eigenvalue weighted by atomic mass is 9.75. The molecule has 0 spiro atoms. The van der Waals surface area contributed by atoms with Crippen molar-refractivity contribution in [1.82, 2.24) is 0 Å². The molecule has 2 aromatic rings. The Morgan fingerprint density at radius 1 is 1.07 bits per heavy atom. The number of anilines is 1. The minimum absolute atomic E-state index is 0.112. The van der Waals surface area contributed by atoms with Gasteiger partial charge < -0.3 is 9.61 Å². The fourth-order valence-corrected chi connectivity index (χ4v) is 5.90. The first-order chi connectivity index (χ1) is 12.9. The molecule has 5 heteroatoms. The summed E-state index contributed by atoms with van der Waals surface area (Å²) in [6.45, 7) is 6.59. The average Bonchev–Trinajstić information content (AvgIpc) is 2.64. The molecule has 2 aromatic carbocycles. The van der Waals surface area contributed by atoms with E-state index in [9.17, 15) is 8.96 Å².